The number of methoxy groups -OCH3 is 1. The standard InChI is InChI=1S/C15H12IO5/c1-20-15(19)21-11-8-6-10(7-9-11)16-13-5-3-2-4-12(13)14(17)18/h2-9H,1H3,(H,17,18)/q-1. The van der Waals surface area contributed by atoms with E-state index in [1.807, 2.05) is 24.3 Å². The summed E-state index contributed by atoms with van der Waals surface area (Å²) in [6.07, 6.45) is -0.770. The number of carboxylic acid groups (broad SMARTS) is 1. The molecule has 0 fully saturated rings. The first-order valence-corrected chi connectivity index (χ1v) is 8.09. The minimum atomic E-state index is -0.920. The summed E-state index contributed by atoms with van der Waals surface area (Å²) in [5, 5.41) is 9.16. The van der Waals surface area contributed by atoms with Gasteiger partial charge in [-0.3, -0.25) is 0 Å². The number of carboxylic acids is 1. The van der Waals surface area contributed by atoms with Gasteiger partial charge < -0.3 is 0 Å². The van der Waals surface area contributed by atoms with Crippen molar-refractivity contribution in [1.29, 1.82) is 0 Å². The summed E-state index contributed by atoms with van der Waals surface area (Å²) in [5.74, 6) is -0.530. The molecule has 0 aliphatic rings. The third-order valence-electron chi connectivity index (χ3n) is 2.50. The van der Waals surface area contributed by atoms with Gasteiger partial charge >= 0.3 is 132 Å². The van der Waals surface area contributed by atoms with Crippen LogP contribution < -0.4 is 25.9 Å². The number of ether oxygens (including phenoxy) is 2. The minimum absolute atomic E-state index is 0.334. The van der Waals surface area contributed by atoms with Gasteiger partial charge in [0.15, 0.2) is 0 Å². The van der Waals surface area contributed by atoms with Crippen molar-refractivity contribution >= 4 is 12.1 Å². The number of carbonyl (C=O) groups is 2. The van der Waals surface area contributed by atoms with Gasteiger partial charge in [0.1, 0.15) is 0 Å². The van der Waals surface area contributed by atoms with Crippen molar-refractivity contribution in [2.45, 2.75) is 0 Å². The molecule has 0 amide bonds. The Morgan fingerprint density at radius 1 is 1.05 bits per heavy atom. The summed E-state index contributed by atoms with van der Waals surface area (Å²) in [5.41, 5.74) is 0.334. The van der Waals surface area contributed by atoms with Crippen molar-refractivity contribution in [3.8, 4) is 5.75 Å². The summed E-state index contributed by atoms with van der Waals surface area (Å²) in [7, 11) is 1.24. The second kappa shape index (κ2) is 7.07. The molecule has 21 heavy (non-hydrogen) atoms. The molecule has 0 aliphatic heterocycles. The number of benzene rings is 2. The molecule has 0 saturated heterocycles. The first kappa shape index (κ1) is 15.3. The molecule has 0 radical (unpaired) electrons. The Morgan fingerprint density at radius 2 is 1.71 bits per heavy atom. The quantitative estimate of drug-likeness (QED) is 0.433. The fraction of sp³-hybridized carbons (Fsp3) is 0.0667. The summed E-state index contributed by atoms with van der Waals surface area (Å²) in [6, 6.07) is 13.9. The molecule has 0 aliphatic carbocycles. The number of carbonyl (C=O) groups excluding carboxylic acids is 1. The van der Waals surface area contributed by atoms with E-state index in [2.05, 4.69) is 4.74 Å². The molecule has 2 aromatic rings. The van der Waals surface area contributed by atoms with Crippen LogP contribution in [-0.4, -0.2) is 24.3 Å². The summed E-state index contributed by atoms with van der Waals surface area (Å²) in [6.45, 7) is 0. The molecule has 0 aromatic heterocycles. The summed E-state index contributed by atoms with van der Waals surface area (Å²) in [4.78, 5) is 22.1. The van der Waals surface area contributed by atoms with E-state index in [4.69, 9.17) is 9.84 Å². The average Bonchev–Trinajstić information content (AvgIpc) is 2.49. The Balaban J connectivity index is 2.14. The molecular formula is C15H12IO5-. The van der Waals surface area contributed by atoms with E-state index >= 15 is 0 Å². The Kier molecular flexibility index (Phi) is 5.15. The van der Waals surface area contributed by atoms with E-state index in [0.29, 0.717) is 11.3 Å². The number of hydrogen-bond acceptors (Lipinski definition) is 4. The van der Waals surface area contributed by atoms with Gasteiger partial charge in [0.25, 0.3) is 0 Å². The Bertz CT molecular complexity index is 651. The van der Waals surface area contributed by atoms with Crippen molar-refractivity contribution < 1.29 is 45.4 Å². The van der Waals surface area contributed by atoms with Crippen molar-refractivity contribution in [1.82, 2.24) is 0 Å². The normalized spacial score (nSPS) is 10.1. The Morgan fingerprint density at radius 3 is 2.33 bits per heavy atom. The van der Waals surface area contributed by atoms with E-state index in [-0.39, 0.29) is 0 Å². The Labute approximate surface area is 131 Å². The number of aromatic carboxylic acids is 1. The third kappa shape index (κ3) is 4.19. The van der Waals surface area contributed by atoms with E-state index < -0.39 is 33.3 Å². The van der Waals surface area contributed by atoms with Gasteiger partial charge in [0.05, 0.1) is 0 Å². The third-order valence-corrected chi connectivity index (χ3v) is 5.36. The van der Waals surface area contributed by atoms with Crippen LogP contribution in [0.5, 0.6) is 5.75 Å². The molecule has 0 bridgehead atoms. The van der Waals surface area contributed by atoms with Gasteiger partial charge in [0.2, 0.25) is 0 Å². The fourth-order valence-corrected chi connectivity index (χ4v) is 4.02. The molecule has 0 spiro atoms. The maximum atomic E-state index is 11.2. The molecule has 1 N–H and O–H groups in total. The number of halogens is 1. The van der Waals surface area contributed by atoms with Crippen molar-refractivity contribution in [3.05, 3.63) is 61.2 Å². The molecular weight excluding hydrogens is 387 g/mol. The van der Waals surface area contributed by atoms with Gasteiger partial charge in [-0.15, -0.1) is 0 Å². The SMILES string of the molecule is COC(=O)Oc1ccc([I-]c2ccccc2C(=O)O)cc1. The van der Waals surface area contributed by atoms with Crippen LogP contribution in [0.4, 0.5) is 4.79 Å². The predicted octanol–water partition coefficient (Wildman–Crippen LogP) is -0.342. The molecule has 5 nitrogen and oxygen atoms in total. The topological polar surface area (TPSA) is 72.8 Å². The number of hydrogen-bond donors (Lipinski definition) is 1. The summed E-state index contributed by atoms with van der Waals surface area (Å²) < 4.78 is 11.2. The Hall–Kier alpha value is -2.09. The fourth-order valence-electron chi connectivity index (χ4n) is 1.54. The van der Waals surface area contributed by atoms with Crippen LogP contribution in [0.2, 0.25) is 0 Å². The first-order valence-electron chi connectivity index (χ1n) is 5.93. The van der Waals surface area contributed by atoms with Crippen LogP contribution in [0.25, 0.3) is 0 Å². The molecule has 2 aromatic carbocycles. The van der Waals surface area contributed by atoms with E-state index in [1.165, 1.54) is 7.11 Å². The molecule has 110 valence electrons. The molecule has 0 heterocycles. The van der Waals surface area contributed by atoms with Crippen LogP contribution in [0.15, 0.2) is 48.5 Å². The van der Waals surface area contributed by atoms with Crippen LogP contribution in [-0.2, 0) is 4.74 Å². The van der Waals surface area contributed by atoms with Gasteiger partial charge in [-0.25, -0.2) is 0 Å². The molecule has 6 heteroatoms. The zero-order valence-corrected chi connectivity index (χ0v) is 13.2. The van der Waals surface area contributed by atoms with Gasteiger partial charge in [-0.1, -0.05) is 0 Å². The van der Waals surface area contributed by atoms with Crippen LogP contribution in [0, 0.1) is 7.14 Å². The van der Waals surface area contributed by atoms with E-state index in [9.17, 15) is 9.59 Å². The van der Waals surface area contributed by atoms with Crippen molar-refractivity contribution in [2.75, 3.05) is 7.11 Å². The van der Waals surface area contributed by atoms with Crippen molar-refractivity contribution in [3.63, 3.8) is 0 Å². The van der Waals surface area contributed by atoms with Crippen molar-refractivity contribution in [2.24, 2.45) is 0 Å². The van der Waals surface area contributed by atoms with Crippen LogP contribution >= 0.6 is 0 Å². The van der Waals surface area contributed by atoms with Gasteiger partial charge in [-0.05, 0) is 0 Å². The monoisotopic (exact) mass is 399 g/mol. The van der Waals surface area contributed by atoms with E-state index in [0.717, 1.165) is 7.14 Å². The maximum absolute atomic E-state index is 11.2. The number of rotatable bonds is 4. The zero-order valence-electron chi connectivity index (χ0n) is 11.1. The van der Waals surface area contributed by atoms with Gasteiger partial charge in [0, 0.05) is 0 Å². The molecule has 2 rings (SSSR count). The average molecular weight is 399 g/mol. The zero-order chi connectivity index (χ0) is 15.2. The molecule has 0 unspecified atom stereocenters. The molecule has 0 atom stereocenters. The van der Waals surface area contributed by atoms with Crippen LogP contribution in [0.1, 0.15) is 10.4 Å². The van der Waals surface area contributed by atoms with E-state index in [1.54, 1.807) is 24.3 Å². The second-order valence-corrected chi connectivity index (χ2v) is 6.84. The van der Waals surface area contributed by atoms with Crippen LogP contribution in [0.3, 0.4) is 0 Å². The molecule has 0 saturated carbocycles. The first-order chi connectivity index (χ1) is 10.1. The predicted molar refractivity (Wildman–Crippen MR) is 70.3 cm³/mol. The second-order valence-electron chi connectivity index (χ2n) is 3.89. The summed E-state index contributed by atoms with van der Waals surface area (Å²) >= 11 is -0.617. The van der Waals surface area contributed by atoms with Gasteiger partial charge in [-0.2, -0.15) is 0 Å².